The van der Waals surface area contributed by atoms with E-state index in [0.717, 1.165) is 37.3 Å². The lowest BCUT2D eigenvalue weighted by Crippen LogP contribution is -2.35. The van der Waals surface area contributed by atoms with E-state index in [1.54, 1.807) is 24.4 Å². The molecule has 2 N–H and O–H groups in total. The van der Waals surface area contributed by atoms with E-state index >= 15 is 0 Å². The van der Waals surface area contributed by atoms with Crippen LogP contribution in [0.2, 0.25) is 0 Å². The SMILES string of the molecule is CCCCC(N=C1NS(=O)(=O)c2ccccc21)C(=O)NCc1ccc(N(CC)CC)nc1. The van der Waals surface area contributed by atoms with E-state index in [4.69, 9.17) is 0 Å². The largest absolute Gasteiger partial charge is 0.357 e. The Morgan fingerprint density at radius 1 is 1.16 bits per heavy atom. The van der Waals surface area contributed by atoms with Crippen LogP contribution in [0.15, 0.2) is 52.5 Å². The molecule has 0 bridgehead atoms. The molecule has 0 spiro atoms. The summed E-state index contributed by atoms with van der Waals surface area (Å²) in [5.41, 5.74) is 1.39. The number of hydrogen-bond donors (Lipinski definition) is 2. The minimum atomic E-state index is -3.64. The lowest BCUT2D eigenvalue weighted by molar-refractivity contribution is -0.122. The van der Waals surface area contributed by atoms with Gasteiger partial charge in [-0.15, -0.1) is 0 Å². The summed E-state index contributed by atoms with van der Waals surface area (Å²) in [7, 11) is -3.64. The molecule has 1 aliphatic rings. The number of hydrogen-bond acceptors (Lipinski definition) is 6. The molecule has 3 rings (SSSR count). The van der Waals surface area contributed by atoms with Gasteiger partial charge >= 0.3 is 0 Å². The molecule has 9 heteroatoms. The topological polar surface area (TPSA) is 104 Å². The first-order chi connectivity index (χ1) is 15.4. The quantitative estimate of drug-likeness (QED) is 0.571. The van der Waals surface area contributed by atoms with Crippen molar-refractivity contribution in [3.63, 3.8) is 0 Å². The normalized spacial score (nSPS) is 16.3. The summed E-state index contributed by atoms with van der Waals surface area (Å²) >= 11 is 0. The number of aromatic nitrogens is 1. The Bertz CT molecular complexity index is 1060. The standard InChI is InChI=1S/C23H31N5O3S/c1-4-7-11-19(26-22-18-10-8-9-12-20(18)32(30,31)27-22)23(29)25-16-17-13-14-21(24-15-17)28(5-2)6-3/h8-10,12-15,19H,4-7,11,16H2,1-3H3,(H,25,29)(H,26,27). The molecule has 172 valence electrons. The maximum absolute atomic E-state index is 12.9. The number of pyridine rings is 1. The molecular formula is C23H31N5O3S. The number of carbonyl (C=O) groups excluding carboxylic acids is 1. The molecule has 0 fully saturated rings. The van der Waals surface area contributed by atoms with E-state index in [9.17, 15) is 13.2 Å². The van der Waals surface area contributed by atoms with Crippen molar-refractivity contribution < 1.29 is 13.2 Å². The molecule has 0 saturated heterocycles. The van der Waals surface area contributed by atoms with Crippen molar-refractivity contribution in [1.29, 1.82) is 0 Å². The van der Waals surface area contributed by atoms with E-state index in [2.05, 4.69) is 38.8 Å². The average molecular weight is 458 g/mol. The fourth-order valence-electron chi connectivity index (χ4n) is 3.60. The first kappa shape index (κ1) is 23.7. The van der Waals surface area contributed by atoms with Crippen LogP contribution in [0, 0.1) is 0 Å². The lowest BCUT2D eigenvalue weighted by atomic mass is 10.1. The number of rotatable bonds is 10. The number of benzene rings is 1. The van der Waals surface area contributed by atoms with Crippen LogP contribution in [0.1, 0.15) is 51.2 Å². The molecule has 1 atom stereocenters. The highest BCUT2D eigenvalue weighted by atomic mass is 32.2. The first-order valence-corrected chi connectivity index (χ1v) is 12.6. The number of amides is 1. The molecule has 0 radical (unpaired) electrons. The van der Waals surface area contributed by atoms with Gasteiger partial charge in [0.05, 0.1) is 4.90 Å². The van der Waals surface area contributed by atoms with Crippen LogP contribution in [0.3, 0.4) is 0 Å². The Labute approximate surface area is 190 Å². The van der Waals surface area contributed by atoms with Gasteiger partial charge in [-0.1, -0.05) is 38.0 Å². The summed E-state index contributed by atoms with van der Waals surface area (Å²) < 4.78 is 27.2. The van der Waals surface area contributed by atoms with Crippen molar-refractivity contribution in [2.45, 2.75) is 57.5 Å². The van der Waals surface area contributed by atoms with Crippen molar-refractivity contribution in [1.82, 2.24) is 15.0 Å². The highest BCUT2D eigenvalue weighted by Crippen LogP contribution is 2.23. The molecule has 2 heterocycles. The summed E-state index contributed by atoms with van der Waals surface area (Å²) in [5, 5.41) is 2.93. The summed E-state index contributed by atoms with van der Waals surface area (Å²) in [4.78, 5) is 24.3. The van der Waals surface area contributed by atoms with Crippen molar-refractivity contribution in [3.8, 4) is 0 Å². The molecule has 1 aromatic carbocycles. The van der Waals surface area contributed by atoms with Crippen molar-refractivity contribution in [2.75, 3.05) is 18.0 Å². The third-order valence-electron chi connectivity index (χ3n) is 5.44. The maximum Gasteiger partial charge on any atom is 0.263 e. The summed E-state index contributed by atoms with van der Waals surface area (Å²) in [6.07, 6.45) is 4.02. The minimum absolute atomic E-state index is 0.188. The number of fused-ring (bicyclic) bond motifs is 1. The predicted molar refractivity (Wildman–Crippen MR) is 126 cm³/mol. The smallest absolute Gasteiger partial charge is 0.263 e. The fourth-order valence-corrected chi connectivity index (χ4v) is 4.84. The van der Waals surface area contributed by atoms with Gasteiger partial charge in [0.1, 0.15) is 17.7 Å². The Hall–Kier alpha value is -2.94. The summed E-state index contributed by atoms with van der Waals surface area (Å²) in [6.45, 7) is 8.30. The third kappa shape index (κ3) is 5.45. The summed E-state index contributed by atoms with van der Waals surface area (Å²) in [5.74, 6) is 0.897. The lowest BCUT2D eigenvalue weighted by Gasteiger charge is -2.19. The Morgan fingerprint density at radius 2 is 1.91 bits per heavy atom. The van der Waals surface area contributed by atoms with E-state index in [1.165, 1.54) is 6.07 Å². The van der Waals surface area contributed by atoms with E-state index in [-0.39, 0.29) is 16.6 Å². The van der Waals surface area contributed by atoms with Crippen LogP contribution in [0.25, 0.3) is 0 Å². The molecule has 1 aliphatic heterocycles. The van der Waals surface area contributed by atoms with Crippen LogP contribution in [0.5, 0.6) is 0 Å². The molecule has 0 saturated carbocycles. The number of unbranched alkanes of at least 4 members (excludes halogenated alkanes) is 1. The van der Waals surface area contributed by atoms with Gasteiger partial charge in [-0.25, -0.2) is 13.4 Å². The van der Waals surface area contributed by atoms with Gasteiger partial charge in [0.15, 0.2) is 0 Å². The second-order valence-corrected chi connectivity index (χ2v) is 9.30. The monoisotopic (exact) mass is 457 g/mol. The van der Waals surface area contributed by atoms with E-state index < -0.39 is 16.1 Å². The Kier molecular flexibility index (Phi) is 7.84. The number of aliphatic imine (C=N–C) groups is 1. The molecule has 1 unspecified atom stereocenters. The van der Waals surface area contributed by atoms with Crippen LogP contribution >= 0.6 is 0 Å². The number of nitrogens with one attached hydrogen (secondary N) is 2. The molecule has 0 aliphatic carbocycles. The molecule has 1 amide bonds. The Morgan fingerprint density at radius 3 is 2.56 bits per heavy atom. The second-order valence-electron chi connectivity index (χ2n) is 7.65. The zero-order chi connectivity index (χ0) is 23.1. The van der Waals surface area contributed by atoms with Gasteiger partial charge in [-0.05, 0) is 44.0 Å². The van der Waals surface area contributed by atoms with Gasteiger partial charge in [0.25, 0.3) is 10.0 Å². The summed E-state index contributed by atoms with van der Waals surface area (Å²) in [6, 6.07) is 9.89. The highest BCUT2D eigenvalue weighted by Gasteiger charge is 2.31. The number of sulfonamides is 1. The minimum Gasteiger partial charge on any atom is -0.357 e. The number of amidine groups is 1. The van der Waals surface area contributed by atoms with Crippen LogP contribution in [0.4, 0.5) is 5.82 Å². The third-order valence-corrected chi connectivity index (χ3v) is 6.84. The zero-order valence-electron chi connectivity index (χ0n) is 18.8. The van der Waals surface area contributed by atoms with Crippen molar-refractivity contribution >= 4 is 27.6 Å². The Balaban J connectivity index is 1.73. The molecule has 32 heavy (non-hydrogen) atoms. The molecule has 2 aromatic rings. The molecule has 8 nitrogen and oxygen atoms in total. The molecule has 1 aromatic heterocycles. The van der Waals surface area contributed by atoms with E-state index in [0.29, 0.717) is 18.5 Å². The van der Waals surface area contributed by atoms with Crippen molar-refractivity contribution in [3.05, 3.63) is 53.7 Å². The number of carbonyl (C=O) groups is 1. The van der Waals surface area contributed by atoms with Crippen LogP contribution in [-0.4, -0.2) is 44.3 Å². The maximum atomic E-state index is 12.9. The number of nitrogens with zero attached hydrogens (tertiary/aromatic N) is 3. The zero-order valence-corrected chi connectivity index (χ0v) is 19.7. The second kappa shape index (κ2) is 10.6. The van der Waals surface area contributed by atoms with Gasteiger partial charge in [-0.3, -0.25) is 14.5 Å². The van der Waals surface area contributed by atoms with Gasteiger partial charge in [-0.2, -0.15) is 0 Å². The average Bonchev–Trinajstić information content (AvgIpc) is 3.06. The predicted octanol–water partition coefficient (Wildman–Crippen LogP) is 2.84. The van der Waals surface area contributed by atoms with Gasteiger partial charge < -0.3 is 10.2 Å². The van der Waals surface area contributed by atoms with Gasteiger partial charge in [0, 0.05) is 31.4 Å². The highest BCUT2D eigenvalue weighted by molar-refractivity contribution is 7.90. The van der Waals surface area contributed by atoms with Crippen molar-refractivity contribution in [2.24, 2.45) is 4.99 Å². The molecular weight excluding hydrogens is 426 g/mol. The fraction of sp³-hybridized carbons (Fsp3) is 0.435. The number of anilines is 1. The first-order valence-electron chi connectivity index (χ1n) is 11.1. The van der Waals surface area contributed by atoms with E-state index in [1.807, 2.05) is 19.1 Å². The van der Waals surface area contributed by atoms with Crippen LogP contribution in [-0.2, 0) is 21.4 Å². The van der Waals surface area contributed by atoms with Gasteiger partial charge in [0.2, 0.25) is 5.91 Å². The van der Waals surface area contributed by atoms with Crippen LogP contribution < -0.4 is 14.9 Å².